The topological polar surface area (TPSA) is 84.9 Å². The molecule has 0 radical (unpaired) electrons. The number of anilines is 2. The highest BCUT2D eigenvalue weighted by molar-refractivity contribution is 7.93. The molecule has 0 spiro atoms. The molecule has 1 amide bonds. The first-order valence-electron chi connectivity index (χ1n) is 10.3. The number of amides is 1. The van der Waals surface area contributed by atoms with Gasteiger partial charge in [0.25, 0.3) is 10.0 Å². The Balaban J connectivity index is 2.05. The number of hydrogen-bond donors (Lipinski definition) is 1. The third-order valence-electron chi connectivity index (χ3n) is 4.77. The molecule has 0 aliphatic carbocycles. The van der Waals surface area contributed by atoms with Crippen LogP contribution in [0.5, 0.6) is 11.5 Å². The van der Waals surface area contributed by atoms with Gasteiger partial charge in [-0.25, -0.2) is 8.42 Å². The van der Waals surface area contributed by atoms with Crippen molar-refractivity contribution in [1.29, 1.82) is 0 Å². The number of ether oxygens (including phenoxy) is 2. The fourth-order valence-corrected chi connectivity index (χ4v) is 5.44. The molecule has 0 atom stereocenters. The minimum Gasteiger partial charge on any atom is -0.495 e. The largest absolute Gasteiger partial charge is 0.495 e. The van der Waals surface area contributed by atoms with Crippen molar-refractivity contribution in [2.45, 2.75) is 18.7 Å². The van der Waals surface area contributed by atoms with Gasteiger partial charge in [-0.05, 0) is 61.9 Å². The van der Waals surface area contributed by atoms with Gasteiger partial charge in [0.2, 0.25) is 5.91 Å². The van der Waals surface area contributed by atoms with Gasteiger partial charge in [0.05, 0.1) is 25.1 Å². The van der Waals surface area contributed by atoms with E-state index < -0.39 is 22.5 Å². The zero-order valence-corrected chi connectivity index (χ0v) is 21.2. The molecule has 0 saturated heterocycles. The van der Waals surface area contributed by atoms with E-state index >= 15 is 0 Å². The van der Waals surface area contributed by atoms with E-state index in [1.807, 2.05) is 6.92 Å². The molecule has 0 aliphatic rings. The number of aryl methyl sites for hydroxylation is 1. The first-order chi connectivity index (χ1) is 16.1. The molecule has 0 heterocycles. The lowest BCUT2D eigenvalue weighted by Crippen LogP contribution is -2.38. The number of carbonyl (C=O) groups excluding carboxylic acids is 1. The van der Waals surface area contributed by atoms with Crippen LogP contribution in [0.1, 0.15) is 12.5 Å². The van der Waals surface area contributed by atoms with E-state index in [-0.39, 0.29) is 26.4 Å². The lowest BCUT2D eigenvalue weighted by atomic mass is 10.2. The molecule has 3 aromatic carbocycles. The van der Waals surface area contributed by atoms with Crippen molar-refractivity contribution >= 4 is 50.5 Å². The third-order valence-corrected chi connectivity index (χ3v) is 7.00. The second-order valence-electron chi connectivity index (χ2n) is 7.27. The number of nitrogens with zero attached hydrogens (tertiary/aromatic N) is 1. The van der Waals surface area contributed by atoms with E-state index in [0.717, 1.165) is 4.31 Å². The molecule has 34 heavy (non-hydrogen) atoms. The highest BCUT2D eigenvalue weighted by Gasteiger charge is 2.31. The van der Waals surface area contributed by atoms with Crippen molar-refractivity contribution in [2.75, 3.05) is 29.9 Å². The van der Waals surface area contributed by atoms with Crippen LogP contribution in [0.2, 0.25) is 10.0 Å². The Labute approximate surface area is 209 Å². The van der Waals surface area contributed by atoms with Crippen LogP contribution in [0.25, 0.3) is 0 Å². The fraction of sp³-hybridized carbons (Fsp3) is 0.208. The molecule has 0 aliphatic heterocycles. The highest BCUT2D eigenvalue weighted by Crippen LogP contribution is 2.34. The van der Waals surface area contributed by atoms with Crippen LogP contribution in [0.3, 0.4) is 0 Å². The van der Waals surface area contributed by atoms with Crippen molar-refractivity contribution in [3.8, 4) is 11.5 Å². The molecular formula is C24H24Cl2N2O5S. The summed E-state index contributed by atoms with van der Waals surface area (Å²) in [4.78, 5) is 13.0. The van der Waals surface area contributed by atoms with Crippen LogP contribution in [0.15, 0.2) is 65.6 Å². The molecule has 0 bridgehead atoms. The third kappa shape index (κ3) is 5.94. The maximum Gasteiger partial charge on any atom is 0.268 e. The number of methoxy groups -OCH3 is 1. The lowest BCUT2D eigenvalue weighted by Gasteiger charge is -2.25. The molecule has 1 N–H and O–H groups in total. The Kier molecular flexibility index (Phi) is 8.30. The molecule has 7 nitrogen and oxygen atoms in total. The predicted octanol–water partition coefficient (Wildman–Crippen LogP) is 5.54. The van der Waals surface area contributed by atoms with Crippen molar-refractivity contribution in [1.82, 2.24) is 0 Å². The Morgan fingerprint density at radius 3 is 2.32 bits per heavy atom. The quantitative estimate of drug-likeness (QED) is 0.398. The number of sulfonamides is 1. The van der Waals surface area contributed by atoms with Gasteiger partial charge in [-0.3, -0.25) is 9.10 Å². The maximum absolute atomic E-state index is 13.8. The van der Waals surface area contributed by atoms with Gasteiger partial charge in [-0.15, -0.1) is 0 Å². The van der Waals surface area contributed by atoms with Crippen LogP contribution in [-0.4, -0.2) is 34.6 Å². The van der Waals surface area contributed by atoms with E-state index in [1.54, 1.807) is 43.3 Å². The zero-order valence-electron chi connectivity index (χ0n) is 18.8. The summed E-state index contributed by atoms with van der Waals surface area (Å²) >= 11 is 12.3. The Morgan fingerprint density at radius 1 is 1.00 bits per heavy atom. The van der Waals surface area contributed by atoms with Crippen LogP contribution in [0, 0.1) is 6.92 Å². The standard InChI is InChI=1S/C24H24Cl2N2O5S/c1-4-33-21-8-6-5-7-20(21)27-24(29)15-28(19-13-17(25)12-18(26)14-19)34(30,31)23-11-16(2)9-10-22(23)32-3/h5-14H,4,15H2,1-3H3,(H,27,29). The van der Waals surface area contributed by atoms with Crippen molar-refractivity contribution in [3.63, 3.8) is 0 Å². The average Bonchev–Trinajstić information content (AvgIpc) is 2.78. The van der Waals surface area contributed by atoms with Gasteiger partial charge in [0.15, 0.2) is 0 Å². The van der Waals surface area contributed by atoms with Gasteiger partial charge < -0.3 is 14.8 Å². The molecule has 10 heteroatoms. The number of rotatable bonds is 9. The van der Waals surface area contributed by atoms with Crippen LogP contribution < -0.4 is 19.1 Å². The van der Waals surface area contributed by atoms with Gasteiger partial charge in [-0.1, -0.05) is 41.4 Å². The first-order valence-corrected chi connectivity index (χ1v) is 12.5. The van der Waals surface area contributed by atoms with Gasteiger partial charge in [-0.2, -0.15) is 0 Å². The summed E-state index contributed by atoms with van der Waals surface area (Å²) in [5, 5.41) is 3.17. The summed E-state index contributed by atoms with van der Waals surface area (Å²) in [6.45, 7) is 3.44. The number of carbonyl (C=O) groups is 1. The lowest BCUT2D eigenvalue weighted by molar-refractivity contribution is -0.114. The number of para-hydroxylation sites is 2. The van der Waals surface area contributed by atoms with Gasteiger partial charge in [0, 0.05) is 10.0 Å². The van der Waals surface area contributed by atoms with E-state index in [9.17, 15) is 13.2 Å². The zero-order chi connectivity index (χ0) is 24.9. The molecular weight excluding hydrogens is 499 g/mol. The normalized spacial score (nSPS) is 11.1. The molecule has 3 rings (SSSR count). The smallest absolute Gasteiger partial charge is 0.268 e. The van der Waals surface area contributed by atoms with Crippen LogP contribution in [0.4, 0.5) is 11.4 Å². The highest BCUT2D eigenvalue weighted by atomic mass is 35.5. The van der Waals surface area contributed by atoms with E-state index in [1.165, 1.54) is 31.4 Å². The molecule has 0 unspecified atom stereocenters. The Bertz CT molecular complexity index is 1280. The van der Waals surface area contributed by atoms with Crippen LogP contribution >= 0.6 is 23.2 Å². The number of benzene rings is 3. The average molecular weight is 523 g/mol. The maximum atomic E-state index is 13.8. The number of nitrogens with one attached hydrogen (secondary N) is 1. The number of halogens is 2. The second kappa shape index (κ2) is 11.0. The van der Waals surface area contributed by atoms with E-state index in [4.69, 9.17) is 32.7 Å². The minimum atomic E-state index is -4.26. The minimum absolute atomic E-state index is 0.0892. The van der Waals surface area contributed by atoms with E-state index in [0.29, 0.717) is 23.6 Å². The van der Waals surface area contributed by atoms with Gasteiger partial charge in [0.1, 0.15) is 22.9 Å². The summed E-state index contributed by atoms with van der Waals surface area (Å²) in [6.07, 6.45) is 0. The molecule has 0 saturated carbocycles. The van der Waals surface area contributed by atoms with Crippen molar-refractivity contribution in [3.05, 3.63) is 76.3 Å². The molecule has 180 valence electrons. The summed E-state index contributed by atoms with van der Waals surface area (Å²) in [5.41, 5.74) is 1.26. The Morgan fingerprint density at radius 2 is 1.68 bits per heavy atom. The van der Waals surface area contributed by atoms with Crippen molar-refractivity contribution < 1.29 is 22.7 Å². The summed E-state index contributed by atoms with van der Waals surface area (Å²) in [5.74, 6) is 0.0307. The summed E-state index contributed by atoms with van der Waals surface area (Å²) < 4.78 is 39.4. The Hall–Kier alpha value is -2.94. The molecule has 0 aromatic heterocycles. The van der Waals surface area contributed by atoms with Crippen LogP contribution in [-0.2, 0) is 14.8 Å². The summed E-state index contributed by atoms with van der Waals surface area (Å²) in [7, 11) is -2.88. The molecule has 3 aromatic rings. The molecule has 0 fully saturated rings. The SMILES string of the molecule is CCOc1ccccc1NC(=O)CN(c1cc(Cl)cc(Cl)c1)S(=O)(=O)c1cc(C)ccc1OC. The summed E-state index contributed by atoms with van der Waals surface area (Å²) in [6, 6.07) is 16.0. The monoisotopic (exact) mass is 522 g/mol. The van der Waals surface area contributed by atoms with Crippen molar-refractivity contribution in [2.24, 2.45) is 0 Å². The predicted molar refractivity (Wildman–Crippen MR) is 135 cm³/mol. The van der Waals surface area contributed by atoms with Gasteiger partial charge >= 0.3 is 0 Å². The first kappa shape index (κ1) is 25.7. The second-order valence-corrected chi connectivity index (χ2v) is 9.97. The number of hydrogen-bond acceptors (Lipinski definition) is 5. The van der Waals surface area contributed by atoms with E-state index in [2.05, 4.69) is 5.32 Å². The fourth-order valence-electron chi connectivity index (χ4n) is 3.27.